The molecule has 2 aromatic rings. The van der Waals surface area contributed by atoms with Gasteiger partial charge in [0.25, 0.3) is 0 Å². The van der Waals surface area contributed by atoms with Gasteiger partial charge in [-0.3, -0.25) is 0 Å². The number of nitrogens with one attached hydrogen (secondary N) is 1. The van der Waals surface area contributed by atoms with Crippen LogP contribution in [0.5, 0.6) is 0 Å². The van der Waals surface area contributed by atoms with Crippen molar-refractivity contribution in [1.82, 2.24) is 5.32 Å². The second-order valence-corrected chi connectivity index (χ2v) is 6.44. The summed E-state index contributed by atoms with van der Waals surface area (Å²) < 4.78 is 1.11. The van der Waals surface area contributed by atoms with Gasteiger partial charge in [-0.15, -0.1) is 0 Å². The van der Waals surface area contributed by atoms with Crippen LogP contribution < -0.4 is 5.32 Å². The largest absolute Gasteiger partial charge is 0.316 e. The van der Waals surface area contributed by atoms with Crippen LogP contribution in [0, 0.1) is 6.92 Å². The average Bonchev–Trinajstić information content (AvgIpc) is 2.43. The molecular formula is C17H19BrClN. The van der Waals surface area contributed by atoms with Gasteiger partial charge in [0, 0.05) is 15.5 Å². The van der Waals surface area contributed by atoms with Crippen molar-refractivity contribution in [2.45, 2.75) is 25.8 Å². The Morgan fingerprint density at radius 2 is 1.80 bits per heavy atom. The van der Waals surface area contributed by atoms with Gasteiger partial charge in [-0.05, 0) is 61.7 Å². The van der Waals surface area contributed by atoms with Gasteiger partial charge in [-0.2, -0.15) is 0 Å². The van der Waals surface area contributed by atoms with Crippen molar-refractivity contribution < 1.29 is 0 Å². The number of rotatable bonds is 5. The van der Waals surface area contributed by atoms with Crippen LogP contribution in [0.25, 0.3) is 0 Å². The van der Waals surface area contributed by atoms with Crippen molar-refractivity contribution in [3.8, 4) is 0 Å². The van der Waals surface area contributed by atoms with E-state index in [0.29, 0.717) is 6.04 Å². The van der Waals surface area contributed by atoms with E-state index in [9.17, 15) is 0 Å². The van der Waals surface area contributed by atoms with E-state index >= 15 is 0 Å². The Hall–Kier alpha value is -0.830. The highest BCUT2D eigenvalue weighted by Crippen LogP contribution is 2.20. The molecule has 0 bridgehead atoms. The molecule has 3 heteroatoms. The van der Waals surface area contributed by atoms with Crippen molar-refractivity contribution in [3.63, 3.8) is 0 Å². The Balaban J connectivity index is 2.07. The molecule has 0 amide bonds. The van der Waals surface area contributed by atoms with Crippen LogP contribution in [-0.4, -0.2) is 13.1 Å². The van der Waals surface area contributed by atoms with Crippen LogP contribution in [0.2, 0.25) is 5.02 Å². The Kier molecular flexibility index (Phi) is 5.64. The molecule has 0 saturated heterocycles. The number of likely N-dealkylation sites (N-methyl/N-ethyl adjacent to an activating group) is 1. The van der Waals surface area contributed by atoms with E-state index in [0.717, 1.165) is 22.3 Å². The van der Waals surface area contributed by atoms with Gasteiger partial charge in [-0.25, -0.2) is 0 Å². The fourth-order valence-electron chi connectivity index (χ4n) is 2.26. The molecule has 1 N–H and O–H groups in total. The van der Waals surface area contributed by atoms with Gasteiger partial charge in [-0.1, -0.05) is 51.8 Å². The van der Waals surface area contributed by atoms with Gasteiger partial charge in [0.05, 0.1) is 0 Å². The summed E-state index contributed by atoms with van der Waals surface area (Å²) >= 11 is 9.79. The van der Waals surface area contributed by atoms with E-state index in [2.05, 4.69) is 64.6 Å². The minimum Gasteiger partial charge on any atom is -0.316 e. The quantitative estimate of drug-likeness (QED) is 0.816. The smallest absolute Gasteiger partial charge is 0.0441 e. The molecule has 0 aliphatic rings. The van der Waals surface area contributed by atoms with E-state index in [1.54, 1.807) is 0 Å². The fraction of sp³-hybridized carbons (Fsp3) is 0.294. The summed E-state index contributed by atoms with van der Waals surface area (Å²) in [6, 6.07) is 15.1. The molecule has 20 heavy (non-hydrogen) atoms. The molecule has 0 saturated carbocycles. The zero-order chi connectivity index (χ0) is 14.5. The lowest BCUT2D eigenvalue weighted by atomic mass is 9.98. The first-order chi connectivity index (χ1) is 9.58. The summed E-state index contributed by atoms with van der Waals surface area (Å²) in [4.78, 5) is 0. The zero-order valence-corrected chi connectivity index (χ0v) is 14.1. The van der Waals surface area contributed by atoms with E-state index in [4.69, 9.17) is 11.6 Å². The monoisotopic (exact) mass is 351 g/mol. The molecule has 1 unspecified atom stereocenters. The standard InChI is InChI=1S/C17H19BrClN/c1-12-3-6-14(17(19)9-12)11-16(20-2)10-13-4-7-15(18)8-5-13/h3-9,16,20H,10-11H2,1-2H3. The molecule has 2 aromatic carbocycles. The summed E-state index contributed by atoms with van der Waals surface area (Å²) in [5.41, 5.74) is 3.73. The van der Waals surface area contributed by atoms with Crippen LogP contribution in [0.4, 0.5) is 0 Å². The maximum Gasteiger partial charge on any atom is 0.0441 e. The lowest BCUT2D eigenvalue weighted by Gasteiger charge is -2.17. The molecule has 0 heterocycles. The molecule has 1 nitrogen and oxygen atoms in total. The Labute approximate surface area is 134 Å². The molecule has 0 aliphatic carbocycles. The Morgan fingerprint density at radius 3 is 2.40 bits per heavy atom. The minimum atomic E-state index is 0.386. The van der Waals surface area contributed by atoms with Crippen LogP contribution >= 0.6 is 27.5 Å². The van der Waals surface area contributed by atoms with E-state index in [-0.39, 0.29) is 0 Å². The number of hydrogen-bond donors (Lipinski definition) is 1. The number of aryl methyl sites for hydroxylation is 1. The van der Waals surface area contributed by atoms with E-state index < -0.39 is 0 Å². The number of benzene rings is 2. The molecular weight excluding hydrogens is 334 g/mol. The summed E-state index contributed by atoms with van der Waals surface area (Å²) in [6.45, 7) is 2.06. The first-order valence-electron chi connectivity index (χ1n) is 6.75. The highest BCUT2D eigenvalue weighted by Gasteiger charge is 2.11. The second kappa shape index (κ2) is 7.26. The lowest BCUT2D eigenvalue weighted by molar-refractivity contribution is 0.556. The SMILES string of the molecule is CNC(Cc1ccc(Br)cc1)Cc1ccc(C)cc1Cl. The topological polar surface area (TPSA) is 12.0 Å². The molecule has 1 atom stereocenters. The van der Waals surface area contributed by atoms with Crippen LogP contribution in [0.1, 0.15) is 16.7 Å². The third-order valence-electron chi connectivity index (χ3n) is 3.48. The molecule has 2 rings (SSSR count). The van der Waals surface area contributed by atoms with Crippen molar-refractivity contribution in [2.24, 2.45) is 0 Å². The highest BCUT2D eigenvalue weighted by molar-refractivity contribution is 9.10. The second-order valence-electron chi connectivity index (χ2n) is 5.12. The minimum absolute atomic E-state index is 0.386. The van der Waals surface area contributed by atoms with E-state index in [1.807, 2.05) is 13.1 Å². The van der Waals surface area contributed by atoms with Gasteiger partial charge in [0.15, 0.2) is 0 Å². The summed E-state index contributed by atoms with van der Waals surface area (Å²) in [6.07, 6.45) is 1.93. The summed E-state index contributed by atoms with van der Waals surface area (Å²) in [7, 11) is 2.01. The molecule has 0 aromatic heterocycles. The van der Waals surface area contributed by atoms with Crippen molar-refractivity contribution in [2.75, 3.05) is 7.05 Å². The average molecular weight is 353 g/mol. The van der Waals surface area contributed by atoms with Crippen LogP contribution in [0.3, 0.4) is 0 Å². The maximum atomic E-state index is 6.32. The van der Waals surface area contributed by atoms with Gasteiger partial charge < -0.3 is 5.32 Å². The van der Waals surface area contributed by atoms with Crippen LogP contribution in [-0.2, 0) is 12.8 Å². The highest BCUT2D eigenvalue weighted by atomic mass is 79.9. The lowest BCUT2D eigenvalue weighted by Crippen LogP contribution is -2.30. The van der Waals surface area contributed by atoms with Crippen molar-refractivity contribution >= 4 is 27.5 Å². The Bertz CT molecular complexity index is 566. The van der Waals surface area contributed by atoms with Crippen molar-refractivity contribution in [1.29, 1.82) is 0 Å². The molecule has 0 aliphatic heterocycles. The van der Waals surface area contributed by atoms with E-state index in [1.165, 1.54) is 16.7 Å². The van der Waals surface area contributed by atoms with Gasteiger partial charge >= 0.3 is 0 Å². The normalized spacial score (nSPS) is 12.4. The number of halogens is 2. The predicted molar refractivity (Wildman–Crippen MR) is 90.6 cm³/mol. The Morgan fingerprint density at radius 1 is 1.10 bits per heavy atom. The molecule has 0 fully saturated rings. The fourth-order valence-corrected chi connectivity index (χ4v) is 2.84. The third-order valence-corrected chi connectivity index (χ3v) is 4.36. The van der Waals surface area contributed by atoms with Crippen molar-refractivity contribution in [3.05, 3.63) is 68.7 Å². The maximum absolute atomic E-state index is 6.32. The predicted octanol–water partition coefficient (Wildman–Crippen LogP) is 4.78. The summed E-state index contributed by atoms with van der Waals surface area (Å²) in [5, 5.41) is 4.25. The number of hydrogen-bond acceptors (Lipinski definition) is 1. The van der Waals surface area contributed by atoms with Gasteiger partial charge in [0.1, 0.15) is 0 Å². The zero-order valence-electron chi connectivity index (χ0n) is 11.8. The third kappa shape index (κ3) is 4.34. The molecule has 0 spiro atoms. The molecule has 106 valence electrons. The van der Waals surface area contributed by atoms with Crippen LogP contribution in [0.15, 0.2) is 46.9 Å². The molecule has 0 radical (unpaired) electrons. The van der Waals surface area contributed by atoms with Gasteiger partial charge in [0.2, 0.25) is 0 Å². The first kappa shape index (κ1) is 15.6. The summed E-state index contributed by atoms with van der Waals surface area (Å²) in [5.74, 6) is 0. The first-order valence-corrected chi connectivity index (χ1v) is 7.92.